The molecule has 1 amide bonds. The molecule has 94 valence electrons. The Bertz CT molecular complexity index is 203. The van der Waals surface area contributed by atoms with Crippen molar-refractivity contribution in [1.82, 2.24) is 10.2 Å². The van der Waals surface area contributed by atoms with Gasteiger partial charge in [0.1, 0.15) is 0 Å². The number of rotatable bonds is 6. The number of nitrogens with one attached hydrogen (secondary N) is 1. The molecule has 0 aliphatic carbocycles. The summed E-state index contributed by atoms with van der Waals surface area (Å²) in [5, 5.41) is 2.83. The molecule has 0 aromatic rings. The number of carbonyl (C=O) groups is 1. The van der Waals surface area contributed by atoms with Crippen LogP contribution in [0.5, 0.6) is 0 Å². The van der Waals surface area contributed by atoms with Crippen LogP contribution in [0.1, 0.15) is 33.1 Å². The zero-order chi connectivity index (χ0) is 11.8. The van der Waals surface area contributed by atoms with Crippen LogP contribution in [0.2, 0.25) is 0 Å². The van der Waals surface area contributed by atoms with Gasteiger partial charge in [0.25, 0.3) is 0 Å². The topological polar surface area (TPSA) is 41.6 Å². The first kappa shape index (κ1) is 13.5. The maximum atomic E-state index is 11.5. The highest BCUT2D eigenvalue weighted by Crippen LogP contribution is 2.13. The Morgan fingerprint density at radius 3 is 2.81 bits per heavy atom. The van der Waals surface area contributed by atoms with Crippen LogP contribution in [0, 0.1) is 0 Å². The number of ether oxygens (including phenoxy) is 1. The lowest BCUT2D eigenvalue weighted by molar-refractivity contribution is -0.122. The number of hydrogen-bond donors (Lipinski definition) is 1. The van der Waals surface area contributed by atoms with Crippen LogP contribution in [0.3, 0.4) is 0 Å². The monoisotopic (exact) mass is 228 g/mol. The molecule has 4 nitrogen and oxygen atoms in total. The average molecular weight is 228 g/mol. The summed E-state index contributed by atoms with van der Waals surface area (Å²) in [6.45, 7) is 7.88. The molecule has 0 radical (unpaired) electrons. The van der Waals surface area contributed by atoms with Gasteiger partial charge in [0.15, 0.2) is 0 Å². The minimum atomic E-state index is 0.111. The molecule has 1 N–H and O–H groups in total. The van der Waals surface area contributed by atoms with Crippen molar-refractivity contribution in [2.75, 3.05) is 32.8 Å². The zero-order valence-electron chi connectivity index (χ0n) is 10.5. The number of hydrogen-bond acceptors (Lipinski definition) is 3. The molecule has 1 saturated heterocycles. The standard InChI is InChI=1S/C12H24N2O2/c1-3-13-12(15)10-14(4-2)9-11-7-5-6-8-16-11/h11H,3-10H2,1-2H3,(H,13,15). The van der Waals surface area contributed by atoms with Gasteiger partial charge in [0.2, 0.25) is 5.91 Å². The van der Waals surface area contributed by atoms with Crippen molar-refractivity contribution in [2.45, 2.75) is 39.2 Å². The highest BCUT2D eigenvalue weighted by Gasteiger charge is 2.18. The Labute approximate surface area is 98.3 Å². The van der Waals surface area contributed by atoms with Crippen molar-refractivity contribution in [1.29, 1.82) is 0 Å². The second-order valence-corrected chi connectivity index (χ2v) is 4.27. The SMILES string of the molecule is CCNC(=O)CN(CC)CC1CCCCO1. The van der Waals surface area contributed by atoms with E-state index < -0.39 is 0 Å². The molecule has 1 rings (SSSR count). The summed E-state index contributed by atoms with van der Waals surface area (Å²) in [6, 6.07) is 0. The Morgan fingerprint density at radius 2 is 2.25 bits per heavy atom. The van der Waals surface area contributed by atoms with E-state index in [4.69, 9.17) is 4.74 Å². The molecule has 1 heterocycles. The molecule has 1 unspecified atom stereocenters. The minimum Gasteiger partial charge on any atom is -0.377 e. The zero-order valence-corrected chi connectivity index (χ0v) is 10.5. The smallest absolute Gasteiger partial charge is 0.234 e. The van der Waals surface area contributed by atoms with Crippen molar-refractivity contribution in [3.8, 4) is 0 Å². The van der Waals surface area contributed by atoms with E-state index in [0.29, 0.717) is 19.2 Å². The van der Waals surface area contributed by atoms with Gasteiger partial charge in [-0.25, -0.2) is 0 Å². The lowest BCUT2D eigenvalue weighted by Gasteiger charge is -2.28. The van der Waals surface area contributed by atoms with Crippen LogP contribution in [-0.2, 0) is 9.53 Å². The quantitative estimate of drug-likeness (QED) is 0.738. The van der Waals surface area contributed by atoms with Gasteiger partial charge in [-0.15, -0.1) is 0 Å². The molecule has 0 spiro atoms. The summed E-state index contributed by atoms with van der Waals surface area (Å²) in [5.74, 6) is 0.111. The van der Waals surface area contributed by atoms with E-state index in [1.165, 1.54) is 12.8 Å². The Hall–Kier alpha value is -0.610. The van der Waals surface area contributed by atoms with Crippen LogP contribution in [-0.4, -0.2) is 49.7 Å². The molecule has 1 aliphatic heterocycles. The van der Waals surface area contributed by atoms with Crippen LogP contribution in [0.4, 0.5) is 0 Å². The van der Waals surface area contributed by atoms with E-state index >= 15 is 0 Å². The van der Waals surface area contributed by atoms with Crippen molar-refractivity contribution in [2.24, 2.45) is 0 Å². The van der Waals surface area contributed by atoms with Gasteiger partial charge in [0, 0.05) is 19.7 Å². The van der Waals surface area contributed by atoms with E-state index in [0.717, 1.165) is 26.1 Å². The number of carbonyl (C=O) groups excluding carboxylic acids is 1. The largest absolute Gasteiger partial charge is 0.377 e. The van der Waals surface area contributed by atoms with Crippen molar-refractivity contribution in [3.63, 3.8) is 0 Å². The van der Waals surface area contributed by atoms with E-state index in [9.17, 15) is 4.79 Å². The molecule has 1 aliphatic rings. The first-order chi connectivity index (χ1) is 7.76. The van der Waals surface area contributed by atoms with Crippen LogP contribution >= 0.6 is 0 Å². The van der Waals surface area contributed by atoms with Gasteiger partial charge in [0.05, 0.1) is 12.6 Å². The fourth-order valence-corrected chi connectivity index (χ4v) is 2.00. The van der Waals surface area contributed by atoms with Gasteiger partial charge >= 0.3 is 0 Å². The second kappa shape index (κ2) is 7.63. The summed E-state index contributed by atoms with van der Waals surface area (Å²) in [5.41, 5.74) is 0. The number of likely N-dealkylation sites (N-methyl/N-ethyl adjacent to an activating group) is 2. The highest BCUT2D eigenvalue weighted by molar-refractivity contribution is 5.77. The first-order valence-corrected chi connectivity index (χ1v) is 6.37. The lowest BCUT2D eigenvalue weighted by Crippen LogP contribution is -2.42. The molecule has 1 fully saturated rings. The Morgan fingerprint density at radius 1 is 1.44 bits per heavy atom. The number of nitrogens with zero attached hydrogens (tertiary/aromatic N) is 1. The van der Waals surface area contributed by atoms with Gasteiger partial charge in [-0.3, -0.25) is 9.69 Å². The van der Waals surface area contributed by atoms with Crippen LogP contribution < -0.4 is 5.32 Å². The van der Waals surface area contributed by atoms with E-state index in [1.807, 2.05) is 6.92 Å². The normalized spacial score (nSPS) is 21.1. The van der Waals surface area contributed by atoms with Gasteiger partial charge < -0.3 is 10.1 Å². The van der Waals surface area contributed by atoms with E-state index in [-0.39, 0.29) is 5.91 Å². The molecular formula is C12H24N2O2. The predicted octanol–water partition coefficient (Wildman–Crippen LogP) is 1.01. The molecule has 0 aromatic carbocycles. The van der Waals surface area contributed by atoms with Gasteiger partial charge in [-0.05, 0) is 32.7 Å². The second-order valence-electron chi connectivity index (χ2n) is 4.27. The van der Waals surface area contributed by atoms with Gasteiger partial charge in [-0.1, -0.05) is 6.92 Å². The fraction of sp³-hybridized carbons (Fsp3) is 0.917. The summed E-state index contributed by atoms with van der Waals surface area (Å²) >= 11 is 0. The van der Waals surface area contributed by atoms with Crippen molar-refractivity contribution in [3.05, 3.63) is 0 Å². The minimum absolute atomic E-state index is 0.111. The third-order valence-corrected chi connectivity index (χ3v) is 2.92. The van der Waals surface area contributed by atoms with E-state index in [2.05, 4.69) is 17.1 Å². The maximum absolute atomic E-state index is 11.5. The molecule has 4 heteroatoms. The molecular weight excluding hydrogens is 204 g/mol. The van der Waals surface area contributed by atoms with Crippen molar-refractivity contribution < 1.29 is 9.53 Å². The third kappa shape index (κ3) is 4.94. The summed E-state index contributed by atoms with van der Waals surface area (Å²) in [6.07, 6.45) is 3.89. The number of amides is 1. The summed E-state index contributed by atoms with van der Waals surface area (Å²) < 4.78 is 5.68. The predicted molar refractivity (Wildman–Crippen MR) is 64.4 cm³/mol. The summed E-state index contributed by atoms with van der Waals surface area (Å²) in [4.78, 5) is 13.6. The highest BCUT2D eigenvalue weighted by atomic mass is 16.5. The van der Waals surface area contributed by atoms with Crippen molar-refractivity contribution >= 4 is 5.91 Å². The Balaban J connectivity index is 2.27. The average Bonchev–Trinajstić information content (AvgIpc) is 2.30. The van der Waals surface area contributed by atoms with Crippen LogP contribution in [0.25, 0.3) is 0 Å². The molecule has 0 aromatic heterocycles. The molecule has 16 heavy (non-hydrogen) atoms. The van der Waals surface area contributed by atoms with E-state index in [1.54, 1.807) is 0 Å². The van der Waals surface area contributed by atoms with Crippen LogP contribution in [0.15, 0.2) is 0 Å². The molecule has 0 saturated carbocycles. The maximum Gasteiger partial charge on any atom is 0.234 e. The lowest BCUT2D eigenvalue weighted by atomic mass is 10.1. The Kier molecular flexibility index (Phi) is 6.42. The molecule has 1 atom stereocenters. The first-order valence-electron chi connectivity index (χ1n) is 6.37. The fourth-order valence-electron chi connectivity index (χ4n) is 2.00. The summed E-state index contributed by atoms with van der Waals surface area (Å²) in [7, 11) is 0. The molecule has 0 bridgehead atoms. The third-order valence-electron chi connectivity index (χ3n) is 2.92. The van der Waals surface area contributed by atoms with Gasteiger partial charge in [-0.2, -0.15) is 0 Å².